The van der Waals surface area contributed by atoms with Crippen LogP contribution in [-0.4, -0.2) is 0 Å². The van der Waals surface area contributed by atoms with Crippen molar-refractivity contribution in [2.24, 2.45) is 5.84 Å². The van der Waals surface area contributed by atoms with Gasteiger partial charge in [0.05, 0.1) is 6.04 Å². The van der Waals surface area contributed by atoms with E-state index in [0.29, 0.717) is 0 Å². The molecule has 0 aromatic heterocycles. The van der Waals surface area contributed by atoms with Crippen LogP contribution in [0.2, 0.25) is 0 Å². The Balaban J connectivity index is 2.38. The fraction of sp³-hybridized carbons (Fsp3) is 0.385. The summed E-state index contributed by atoms with van der Waals surface area (Å²) in [6.07, 6.45) is 5.98. The summed E-state index contributed by atoms with van der Waals surface area (Å²) in [6, 6.07) is 3.31. The fourth-order valence-corrected chi connectivity index (χ4v) is 2.29. The lowest BCUT2D eigenvalue weighted by Gasteiger charge is -2.23. The van der Waals surface area contributed by atoms with Gasteiger partial charge in [0.1, 0.15) is 11.6 Å². The van der Waals surface area contributed by atoms with Gasteiger partial charge in [-0.05, 0) is 37.8 Å². The molecule has 1 aromatic carbocycles. The van der Waals surface area contributed by atoms with Crippen molar-refractivity contribution in [3.8, 4) is 0 Å². The maximum atomic E-state index is 13.7. The van der Waals surface area contributed by atoms with Crippen LogP contribution in [0.15, 0.2) is 29.8 Å². The number of nitrogens with two attached hydrogens (primary N) is 1. The van der Waals surface area contributed by atoms with Gasteiger partial charge in [-0.1, -0.05) is 17.7 Å². The molecule has 0 heterocycles. The standard InChI is InChI=1S/C13H16F2N2/c14-10-7-4-8-11(15)12(10)13(17-16)9-5-2-1-3-6-9/h4-5,7-8,13,17H,1-3,6,16H2. The van der Waals surface area contributed by atoms with Crippen molar-refractivity contribution < 1.29 is 8.78 Å². The first kappa shape index (κ1) is 12.2. The van der Waals surface area contributed by atoms with Gasteiger partial charge in [0.25, 0.3) is 0 Å². The number of hydrazine groups is 1. The quantitative estimate of drug-likeness (QED) is 0.482. The number of allylic oxidation sites excluding steroid dienone is 1. The second kappa shape index (κ2) is 5.38. The molecular formula is C13H16F2N2. The highest BCUT2D eigenvalue weighted by atomic mass is 19.1. The van der Waals surface area contributed by atoms with Crippen molar-refractivity contribution in [3.05, 3.63) is 47.0 Å². The summed E-state index contributed by atoms with van der Waals surface area (Å²) in [5, 5.41) is 0. The summed E-state index contributed by atoms with van der Waals surface area (Å²) >= 11 is 0. The first-order valence-electron chi connectivity index (χ1n) is 5.83. The van der Waals surface area contributed by atoms with Crippen molar-refractivity contribution >= 4 is 0 Å². The molecule has 0 saturated carbocycles. The van der Waals surface area contributed by atoms with Crippen LogP contribution in [0, 0.1) is 11.6 Å². The van der Waals surface area contributed by atoms with E-state index in [1.807, 2.05) is 6.08 Å². The minimum Gasteiger partial charge on any atom is -0.271 e. The number of benzene rings is 1. The van der Waals surface area contributed by atoms with E-state index >= 15 is 0 Å². The lowest BCUT2D eigenvalue weighted by atomic mass is 9.90. The molecule has 1 aliphatic rings. The lowest BCUT2D eigenvalue weighted by molar-refractivity contribution is 0.490. The lowest BCUT2D eigenvalue weighted by Crippen LogP contribution is -2.31. The molecule has 1 aliphatic carbocycles. The molecule has 0 fully saturated rings. The number of hydrogen-bond donors (Lipinski definition) is 2. The van der Waals surface area contributed by atoms with Crippen LogP contribution in [0.1, 0.15) is 37.3 Å². The largest absolute Gasteiger partial charge is 0.271 e. The highest BCUT2D eigenvalue weighted by Crippen LogP contribution is 2.31. The predicted molar refractivity (Wildman–Crippen MR) is 63.0 cm³/mol. The van der Waals surface area contributed by atoms with Gasteiger partial charge in [-0.25, -0.2) is 14.2 Å². The molecule has 4 heteroatoms. The molecule has 92 valence electrons. The molecule has 3 N–H and O–H groups in total. The summed E-state index contributed by atoms with van der Waals surface area (Å²) in [6.45, 7) is 0. The summed E-state index contributed by atoms with van der Waals surface area (Å²) in [5.74, 6) is 4.34. The molecule has 0 amide bonds. The Morgan fingerprint density at radius 3 is 2.41 bits per heavy atom. The van der Waals surface area contributed by atoms with E-state index in [4.69, 9.17) is 5.84 Å². The molecular weight excluding hydrogens is 222 g/mol. The topological polar surface area (TPSA) is 38.0 Å². The van der Waals surface area contributed by atoms with Gasteiger partial charge in [-0.15, -0.1) is 0 Å². The first-order valence-corrected chi connectivity index (χ1v) is 5.83. The Bertz CT molecular complexity index is 409. The molecule has 0 saturated heterocycles. The zero-order valence-electron chi connectivity index (χ0n) is 9.55. The van der Waals surface area contributed by atoms with E-state index in [0.717, 1.165) is 31.3 Å². The van der Waals surface area contributed by atoms with Crippen molar-refractivity contribution in [2.75, 3.05) is 0 Å². The smallest absolute Gasteiger partial charge is 0.131 e. The monoisotopic (exact) mass is 238 g/mol. The fourth-order valence-electron chi connectivity index (χ4n) is 2.29. The Morgan fingerprint density at radius 1 is 1.18 bits per heavy atom. The van der Waals surface area contributed by atoms with Crippen molar-refractivity contribution in [1.29, 1.82) is 0 Å². The summed E-state index contributed by atoms with van der Waals surface area (Å²) in [5.41, 5.74) is 3.51. The summed E-state index contributed by atoms with van der Waals surface area (Å²) < 4.78 is 27.4. The average molecular weight is 238 g/mol. The molecule has 0 aliphatic heterocycles. The van der Waals surface area contributed by atoms with Crippen LogP contribution < -0.4 is 11.3 Å². The van der Waals surface area contributed by atoms with Crippen molar-refractivity contribution in [2.45, 2.75) is 31.7 Å². The number of halogens is 2. The average Bonchev–Trinajstić information content (AvgIpc) is 2.35. The Hall–Kier alpha value is -1.26. The van der Waals surface area contributed by atoms with Crippen LogP contribution in [-0.2, 0) is 0 Å². The molecule has 0 bridgehead atoms. The number of hydrogen-bond acceptors (Lipinski definition) is 2. The van der Waals surface area contributed by atoms with E-state index in [-0.39, 0.29) is 5.56 Å². The number of nitrogens with one attached hydrogen (secondary N) is 1. The summed E-state index contributed by atoms with van der Waals surface area (Å²) in [7, 11) is 0. The van der Waals surface area contributed by atoms with Crippen LogP contribution in [0.25, 0.3) is 0 Å². The van der Waals surface area contributed by atoms with E-state index in [1.54, 1.807) is 0 Å². The zero-order valence-corrected chi connectivity index (χ0v) is 9.55. The molecule has 2 nitrogen and oxygen atoms in total. The van der Waals surface area contributed by atoms with E-state index in [1.165, 1.54) is 18.2 Å². The minimum atomic E-state index is -0.559. The highest BCUT2D eigenvalue weighted by molar-refractivity contribution is 5.31. The third kappa shape index (κ3) is 2.53. The van der Waals surface area contributed by atoms with Crippen LogP contribution in [0.3, 0.4) is 0 Å². The zero-order chi connectivity index (χ0) is 12.3. The maximum Gasteiger partial charge on any atom is 0.131 e. The Kier molecular flexibility index (Phi) is 3.86. The second-order valence-electron chi connectivity index (χ2n) is 4.26. The van der Waals surface area contributed by atoms with E-state index < -0.39 is 17.7 Å². The van der Waals surface area contributed by atoms with Gasteiger partial charge in [-0.3, -0.25) is 5.84 Å². The van der Waals surface area contributed by atoms with Crippen LogP contribution >= 0.6 is 0 Å². The van der Waals surface area contributed by atoms with Crippen molar-refractivity contribution in [1.82, 2.24) is 5.43 Å². The Labute approximate surface area is 99.5 Å². The predicted octanol–water partition coefficient (Wildman–Crippen LogP) is 2.97. The van der Waals surface area contributed by atoms with Gasteiger partial charge in [0, 0.05) is 5.56 Å². The van der Waals surface area contributed by atoms with E-state index in [9.17, 15) is 8.78 Å². The molecule has 1 atom stereocenters. The molecule has 1 aromatic rings. The third-order valence-electron chi connectivity index (χ3n) is 3.15. The molecule has 17 heavy (non-hydrogen) atoms. The van der Waals surface area contributed by atoms with Crippen LogP contribution in [0.4, 0.5) is 8.78 Å². The molecule has 1 unspecified atom stereocenters. The third-order valence-corrected chi connectivity index (χ3v) is 3.15. The second-order valence-corrected chi connectivity index (χ2v) is 4.26. The molecule has 0 radical (unpaired) electrons. The van der Waals surface area contributed by atoms with Crippen molar-refractivity contribution in [3.63, 3.8) is 0 Å². The first-order chi connectivity index (χ1) is 8.24. The van der Waals surface area contributed by atoms with E-state index in [2.05, 4.69) is 5.43 Å². The normalized spacial score (nSPS) is 17.7. The molecule has 0 spiro atoms. The van der Waals surface area contributed by atoms with Crippen LogP contribution in [0.5, 0.6) is 0 Å². The number of rotatable bonds is 3. The van der Waals surface area contributed by atoms with Gasteiger partial charge in [-0.2, -0.15) is 0 Å². The minimum absolute atomic E-state index is 0.0168. The highest BCUT2D eigenvalue weighted by Gasteiger charge is 2.23. The summed E-state index contributed by atoms with van der Waals surface area (Å²) in [4.78, 5) is 0. The SMILES string of the molecule is NNC(C1=CCCCC1)c1c(F)cccc1F. The Morgan fingerprint density at radius 2 is 1.88 bits per heavy atom. The molecule has 2 rings (SSSR count). The maximum absolute atomic E-state index is 13.7. The van der Waals surface area contributed by atoms with Gasteiger partial charge in [0.15, 0.2) is 0 Å². The van der Waals surface area contributed by atoms with Gasteiger partial charge >= 0.3 is 0 Å². The van der Waals surface area contributed by atoms with Gasteiger partial charge < -0.3 is 0 Å². The van der Waals surface area contributed by atoms with Gasteiger partial charge in [0.2, 0.25) is 0 Å².